The summed E-state index contributed by atoms with van der Waals surface area (Å²) in [4.78, 5) is 24.7. The van der Waals surface area contributed by atoms with Crippen molar-refractivity contribution in [2.75, 3.05) is 49.1 Å². The lowest BCUT2D eigenvalue weighted by molar-refractivity contribution is 0.0989. The molecule has 0 N–H and O–H groups in total. The van der Waals surface area contributed by atoms with Gasteiger partial charge in [-0.05, 0) is 49.1 Å². The van der Waals surface area contributed by atoms with E-state index in [0.717, 1.165) is 68.7 Å². The maximum absolute atomic E-state index is 13.4. The van der Waals surface area contributed by atoms with Gasteiger partial charge in [0.25, 0.3) is 5.91 Å². The standard InChI is InChI=1S/C23H30N4O/c1-18(2)9-12-25-14-16-26(17-15-25)22-20(7-5-11-24-22)23(28)27-13-10-19-6-3-4-8-21(19)27/h3-8,11,18H,9-10,12-17H2,1-2H3. The van der Waals surface area contributed by atoms with Gasteiger partial charge in [0.15, 0.2) is 0 Å². The minimum atomic E-state index is 0.0651. The summed E-state index contributed by atoms with van der Waals surface area (Å²) in [6, 6.07) is 12.0. The fraction of sp³-hybridized carbons (Fsp3) is 0.478. The Morgan fingerprint density at radius 1 is 1.04 bits per heavy atom. The first-order chi connectivity index (χ1) is 13.6. The van der Waals surface area contributed by atoms with Crippen molar-refractivity contribution in [3.63, 3.8) is 0 Å². The van der Waals surface area contributed by atoms with Crippen LogP contribution in [-0.2, 0) is 6.42 Å². The van der Waals surface area contributed by atoms with E-state index in [4.69, 9.17) is 0 Å². The summed E-state index contributed by atoms with van der Waals surface area (Å²) in [5.41, 5.74) is 3.01. The van der Waals surface area contributed by atoms with Gasteiger partial charge in [-0.1, -0.05) is 32.0 Å². The van der Waals surface area contributed by atoms with Gasteiger partial charge < -0.3 is 9.80 Å². The first kappa shape index (κ1) is 18.9. The zero-order valence-corrected chi connectivity index (χ0v) is 17.0. The Labute approximate surface area is 168 Å². The maximum atomic E-state index is 13.4. The second kappa shape index (κ2) is 8.31. The molecule has 1 saturated heterocycles. The fourth-order valence-corrected chi connectivity index (χ4v) is 4.13. The van der Waals surface area contributed by atoms with E-state index in [-0.39, 0.29) is 5.91 Å². The lowest BCUT2D eigenvalue weighted by Gasteiger charge is -2.36. The van der Waals surface area contributed by atoms with Crippen molar-refractivity contribution in [3.8, 4) is 0 Å². The maximum Gasteiger partial charge on any atom is 0.262 e. The summed E-state index contributed by atoms with van der Waals surface area (Å²) in [6.45, 7) is 10.4. The predicted molar refractivity (Wildman–Crippen MR) is 114 cm³/mol. The molecule has 0 spiro atoms. The number of carbonyl (C=O) groups is 1. The molecule has 2 aromatic rings. The predicted octanol–water partition coefficient (Wildman–Crippen LogP) is 3.45. The third-order valence-electron chi connectivity index (χ3n) is 5.84. The minimum absolute atomic E-state index is 0.0651. The number of anilines is 2. The van der Waals surface area contributed by atoms with E-state index in [1.54, 1.807) is 6.20 Å². The number of carbonyl (C=O) groups excluding carboxylic acids is 1. The summed E-state index contributed by atoms with van der Waals surface area (Å²) < 4.78 is 0. The third-order valence-corrected chi connectivity index (χ3v) is 5.84. The molecule has 5 heteroatoms. The Bertz CT molecular complexity index is 827. The zero-order valence-electron chi connectivity index (χ0n) is 17.0. The molecule has 0 atom stereocenters. The molecule has 0 aliphatic carbocycles. The number of para-hydroxylation sites is 1. The molecule has 2 aliphatic heterocycles. The van der Waals surface area contributed by atoms with E-state index in [1.807, 2.05) is 35.2 Å². The first-order valence-electron chi connectivity index (χ1n) is 10.5. The van der Waals surface area contributed by atoms with Gasteiger partial charge in [-0.15, -0.1) is 0 Å². The molecule has 1 amide bonds. The van der Waals surface area contributed by atoms with E-state index < -0.39 is 0 Å². The molecule has 0 radical (unpaired) electrons. The normalized spacial score (nSPS) is 17.2. The van der Waals surface area contributed by atoms with E-state index in [2.05, 4.69) is 34.7 Å². The van der Waals surface area contributed by atoms with Crippen LogP contribution in [0.15, 0.2) is 42.6 Å². The molecule has 1 aromatic heterocycles. The van der Waals surface area contributed by atoms with Gasteiger partial charge in [0.2, 0.25) is 0 Å². The lowest BCUT2D eigenvalue weighted by Crippen LogP contribution is -2.47. The highest BCUT2D eigenvalue weighted by atomic mass is 16.2. The van der Waals surface area contributed by atoms with Crippen LogP contribution < -0.4 is 9.80 Å². The topological polar surface area (TPSA) is 39.7 Å². The van der Waals surface area contributed by atoms with Crippen molar-refractivity contribution in [2.24, 2.45) is 5.92 Å². The number of amides is 1. The van der Waals surface area contributed by atoms with Gasteiger partial charge in [0.05, 0.1) is 5.56 Å². The number of benzene rings is 1. The molecule has 2 aliphatic rings. The van der Waals surface area contributed by atoms with E-state index in [1.165, 1.54) is 12.0 Å². The van der Waals surface area contributed by atoms with Crippen molar-refractivity contribution in [2.45, 2.75) is 26.7 Å². The van der Waals surface area contributed by atoms with Crippen LogP contribution in [0, 0.1) is 5.92 Å². The molecular weight excluding hydrogens is 348 g/mol. The van der Waals surface area contributed by atoms with Crippen molar-refractivity contribution >= 4 is 17.4 Å². The number of hydrogen-bond acceptors (Lipinski definition) is 4. The van der Waals surface area contributed by atoms with Crippen molar-refractivity contribution in [1.82, 2.24) is 9.88 Å². The lowest BCUT2D eigenvalue weighted by atomic mass is 10.1. The van der Waals surface area contributed by atoms with Crippen LogP contribution in [0.1, 0.15) is 36.2 Å². The molecule has 0 saturated carbocycles. The highest BCUT2D eigenvalue weighted by Gasteiger charge is 2.29. The molecule has 148 valence electrons. The Balaban J connectivity index is 1.49. The van der Waals surface area contributed by atoms with Gasteiger partial charge in [0, 0.05) is 44.6 Å². The molecule has 0 unspecified atom stereocenters. The molecular formula is C23H30N4O. The van der Waals surface area contributed by atoms with Crippen molar-refractivity contribution in [1.29, 1.82) is 0 Å². The second-order valence-electron chi connectivity index (χ2n) is 8.22. The van der Waals surface area contributed by atoms with Crippen LogP contribution in [0.5, 0.6) is 0 Å². The monoisotopic (exact) mass is 378 g/mol. The van der Waals surface area contributed by atoms with Gasteiger partial charge in [-0.25, -0.2) is 4.98 Å². The second-order valence-corrected chi connectivity index (χ2v) is 8.22. The minimum Gasteiger partial charge on any atom is -0.353 e. The van der Waals surface area contributed by atoms with E-state index in [9.17, 15) is 4.79 Å². The number of hydrogen-bond donors (Lipinski definition) is 0. The van der Waals surface area contributed by atoms with Crippen LogP contribution in [-0.4, -0.2) is 55.1 Å². The summed E-state index contributed by atoms with van der Waals surface area (Å²) in [6.07, 6.45) is 3.96. The number of nitrogens with zero attached hydrogens (tertiary/aromatic N) is 4. The van der Waals surface area contributed by atoms with Crippen LogP contribution in [0.2, 0.25) is 0 Å². The molecule has 5 nitrogen and oxygen atoms in total. The van der Waals surface area contributed by atoms with Gasteiger partial charge in [-0.2, -0.15) is 0 Å². The van der Waals surface area contributed by atoms with Gasteiger partial charge >= 0.3 is 0 Å². The molecule has 4 rings (SSSR count). The SMILES string of the molecule is CC(C)CCN1CCN(c2ncccc2C(=O)N2CCc3ccccc32)CC1. The average molecular weight is 379 g/mol. The van der Waals surface area contributed by atoms with Crippen molar-refractivity contribution < 1.29 is 4.79 Å². The summed E-state index contributed by atoms with van der Waals surface area (Å²) >= 11 is 0. The van der Waals surface area contributed by atoms with Crippen molar-refractivity contribution in [3.05, 3.63) is 53.7 Å². The number of piperazine rings is 1. The number of pyridine rings is 1. The van der Waals surface area contributed by atoms with E-state index in [0.29, 0.717) is 0 Å². The highest BCUT2D eigenvalue weighted by molar-refractivity contribution is 6.10. The highest BCUT2D eigenvalue weighted by Crippen LogP contribution is 2.30. The summed E-state index contributed by atoms with van der Waals surface area (Å²) in [5, 5.41) is 0. The Kier molecular flexibility index (Phi) is 5.62. The average Bonchev–Trinajstić information content (AvgIpc) is 3.16. The summed E-state index contributed by atoms with van der Waals surface area (Å²) in [5.74, 6) is 1.64. The molecule has 0 bridgehead atoms. The quantitative estimate of drug-likeness (QED) is 0.799. The van der Waals surface area contributed by atoms with Crippen LogP contribution in [0.4, 0.5) is 11.5 Å². The zero-order chi connectivity index (χ0) is 19.5. The van der Waals surface area contributed by atoms with E-state index >= 15 is 0 Å². The fourth-order valence-electron chi connectivity index (χ4n) is 4.13. The molecule has 1 aromatic carbocycles. The Morgan fingerprint density at radius 2 is 1.82 bits per heavy atom. The van der Waals surface area contributed by atoms with Crippen LogP contribution in [0.25, 0.3) is 0 Å². The van der Waals surface area contributed by atoms with Gasteiger partial charge in [0.1, 0.15) is 5.82 Å². The molecule has 1 fully saturated rings. The third kappa shape index (κ3) is 3.90. The van der Waals surface area contributed by atoms with Crippen LogP contribution >= 0.6 is 0 Å². The first-order valence-corrected chi connectivity index (χ1v) is 10.5. The Hall–Kier alpha value is -2.40. The van der Waals surface area contributed by atoms with Gasteiger partial charge in [-0.3, -0.25) is 9.69 Å². The number of aromatic nitrogens is 1. The number of rotatable bonds is 5. The van der Waals surface area contributed by atoms with Crippen LogP contribution in [0.3, 0.4) is 0 Å². The number of fused-ring (bicyclic) bond motifs is 1. The summed E-state index contributed by atoms with van der Waals surface area (Å²) in [7, 11) is 0. The largest absolute Gasteiger partial charge is 0.353 e. The molecule has 3 heterocycles. The molecule has 28 heavy (non-hydrogen) atoms. The smallest absolute Gasteiger partial charge is 0.262 e. The Morgan fingerprint density at radius 3 is 2.61 bits per heavy atom.